The van der Waals surface area contributed by atoms with Crippen LogP contribution in [-0.2, 0) is 0 Å². The lowest BCUT2D eigenvalue weighted by Crippen LogP contribution is -1.78. The van der Waals surface area contributed by atoms with Crippen LogP contribution < -0.4 is 0 Å². The first-order valence-electron chi connectivity index (χ1n) is 5.57. The molecule has 17 heavy (non-hydrogen) atoms. The van der Waals surface area contributed by atoms with E-state index in [-0.39, 0.29) is 0 Å². The molecule has 0 aliphatic heterocycles. The van der Waals surface area contributed by atoms with Crippen molar-refractivity contribution in [1.29, 1.82) is 0 Å². The maximum absolute atomic E-state index is 5.47. The summed E-state index contributed by atoms with van der Waals surface area (Å²) in [5, 5.41) is 4.84. The number of rotatable bonds is 0. The molecule has 0 aliphatic rings. The van der Waals surface area contributed by atoms with Crippen molar-refractivity contribution >= 4 is 32.6 Å². The van der Waals surface area contributed by atoms with Gasteiger partial charge in [-0.2, -0.15) is 0 Å². The maximum atomic E-state index is 5.47. The summed E-state index contributed by atoms with van der Waals surface area (Å²) in [5.74, 6) is 0. The van der Waals surface area contributed by atoms with E-state index in [4.69, 9.17) is 4.42 Å². The van der Waals surface area contributed by atoms with Crippen LogP contribution in [0.5, 0.6) is 0 Å². The molecule has 0 N–H and O–H groups in total. The second-order valence-electron chi connectivity index (χ2n) is 4.15. The number of oxazole rings is 1. The predicted molar refractivity (Wildman–Crippen MR) is 69.0 cm³/mol. The van der Waals surface area contributed by atoms with E-state index in [1.54, 1.807) is 0 Å². The molecule has 0 saturated carbocycles. The Morgan fingerprint density at radius 1 is 0.765 bits per heavy atom. The fraction of sp³-hybridized carbons (Fsp3) is 0. The molecule has 0 atom stereocenters. The van der Waals surface area contributed by atoms with E-state index in [2.05, 4.69) is 47.4 Å². The van der Waals surface area contributed by atoms with Gasteiger partial charge in [-0.3, -0.25) is 0 Å². The minimum Gasteiger partial charge on any atom is -0.443 e. The Labute approximate surface area is 97.5 Å². The van der Waals surface area contributed by atoms with E-state index in [9.17, 15) is 0 Å². The van der Waals surface area contributed by atoms with Gasteiger partial charge in [-0.05, 0) is 28.3 Å². The highest BCUT2D eigenvalue weighted by atomic mass is 16.3. The molecule has 2 heteroatoms. The average Bonchev–Trinajstić information content (AvgIpc) is 2.86. The van der Waals surface area contributed by atoms with Gasteiger partial charge in [0.2, 0.25) is 0 Å². The summed E-state index contributed by atoms with van der Waals surface area (Å²) in [6, 6.07) is 16.7. The zero-order valence-corrected chi connectivity index (χ0v) is 9.05. The Balaban J connectivity index is 2.34. The molecule has 80 valence electrons. The molecule has 1 aromatic heterocycles. The van der Waals surface area contributed by atoms with Crippen molar-refractivity contribution in [1.82, 2.24) is 4.98 Å². The van der Waals surface area contributed by atoms with Crippen molar-refractivity contribution in [2.24, 2.45) is 0 Å². The van der Waals surface area contributed by atoms with Crippen molar-refractivity contribution in [2.75, 3.05) is 0 Å². The van der Waals surface area contributed by atoms with E-state index in [1.165, 1.54) is 22.6 Å². The highest BCUT2D eigenvalue weighted by molar-refractivity contribution is 6.14. The minimum absolute atomic E-state index is 0.869. The molecular formula is C15H9NO. The second kappa shape index (κ2) is 3.08. The monoisotopic (exact) mass is 219 g/mol. The van der Waals surface area contributed by atoms with Gasteiger partial charge in [-0.15, -0.1) is 0 Å². The molecule has 0 unspecified atom stereocenters. The summed E-state index contributed by atoms with van der Waals surface area (Å²) in [7, 11) is 0. The Hall–Kier alpha value is -2.35. The zero-order valence-electron chi connectivity index (χ0n) is 9.05. The highest BCUT2D eigenvalue weighted by Crippen LogP contribution is 2.30. The first kappa shape index (κ1) is 8.76. The number of hydrogen-bond donors (Lipinski definition) is 0. The Morgan fingerprint density at radius 3 is 2.65 bits per heavy atom. The third-order valence-electron chi connectivity index (χ3n) is 3.22. The van der Waals surface area contributed by atoms with Gasteiger partial charge in [-0.1, -0.05) is 36.4 Å². The average molecular weight is 219 g/mol. The predicted octanol–water partition coefficient (Wildman–Crippen LogP) is 4.13. The lowest BCUT2D eigenvalue weighted by molar-refractivity contribution is 0.605. The molecule has 4 rings (SSSR count). The first-order chi connectivity index (χ1) is 8.43. The van der Waals surface area contributed by atoms with Crippen molar-refractivity contribution < 1.29 is 4.42 Å². The Bertz CT molecular complexity index is 845. The Morgan fingerprint density at radius 2 is 1.65 bits per heavy atom. The molecule has 0 aliphatic carbocycles. The number of fused-ring (bicyclic) bond motifs is 5. The van der Waals surface area contributed by atoms with Gasteiger partial charge in [0.1, 0.15) is 5.52 Å². The summed E-state index contributed by atoms with van der Waals surface area (Å²) in [6.07, 6.45) is 1.50. The van der Waals surface area contributed by atoms with Gasteiger partial charge in [0.05, 0.1) is 0 Å². The number of aromatic nitrogens is 1. The van der Waals surface area contributed by atoms with Crippen LogP contribution in [0, 0.1) is 0 Å². The molecular weight excluding hydrogens is 210 g/mol. The largest absolute Gasteiger partial charge is 0.443 e. The van der Waals surface area contributed by atoms with E-state index >= 15 is 0 Å². The van der Waals surface area contributed by atoms with Crippen LogP contribution in [0.2, 0.25) is 0 Å². The molecule has 0 spiro atoms. The fourth-order valence-corrected chi connectivity index (χ4v) is 2.41. The summed E-state index contributed by atoms with van der Waals surface area (Å²) in [6.45, 7) is 0. The lowest BCUT2D eigenvalue weighted by atomic mass is 10.0. The van der Waals surface area contributed by atoms with E-state index in [0.717, 1.165) is 16.5 Å². The van der Waals surface area contributed by atoms with Crippen LogP contribution in [0.15, 0.2) is 59.3 Å². The van der Waals surface area contributed by atoms with E-state index < -0.39 is 0 Å². The fourth-order valence-electron chi connectivity index (χ4n) is 2.41. The van der Waals surface area contributed by atoms with Gasteiger partial charge < -0.3 is 4.42 Å². The molecule has 0 saturated heterocycles. The first-order valence-corrected chi connectivity index (χ1v) is 5.57. The van der Waals surface area contributed by atoms with Crippen LogP contribution in [0.25, 0.3) is 32.6 Å². The molecule has 2 nitrogen and oxygen atoms in total. The molecule has 1 heterocycles. The zero-order chi connectivity index (χ0) is 11.2. The maximum Gasteiger partial charge on any atom is 0.182 e. The third kappa shape index (κ3) is 1.12. The van der Waals surface area contributed by atoms with Gasteiger partial charge in [-0.25, -0.2) is 4.98 Å². The van der Waals surface area contributed by atoms with Gasteiger partial charge in [0.15, 0.2) is 12.0 Å². The summed E-state index contributed by atoms with van der Waals surface area (Å²) < 4.78 is 5.47. The molecule has 0 bridgehead atoms. The van der Waals surface area contributed by atoms with Crippen LogP contribution in [0.4, 0.5) is 0 Å². The van der Waals surface area contributed by atoms with Gasteiger partial charge >= 0.3 is 0 Å². The van der Waals surface area contributed by atoms with Crippen molar-refractivity contribution in [3.05, 3.63) is 54.9 Å². The van der Waals surface area contributed by atoms with Crippen LogP contribution in [0.3, 0.4) is 0 Å². The quantitative estimate of drug-likeness (QED) is 0.415. The second-order valence-corrected chi connectivity index (χ2v) is 4.15. The Kier molecular flexibility index (Phi) is 1.59. The summed E-state index contributed by atoms with van der Waals surface area (Å²) in [4.78, 5) is 4.18. The van der Waals surface area contributed by atoms with Gasteiger partial charge in [0, 0.05) is 5.39 Å². The van der Waals surface area contributed by atoms with E-state index in [1.807, 2.05) is 6.07 Å². The minimum atomic E-state index is 0.869. The third-order valence-corrected chi connectivity index (χ3v) is 3.22. The smallest absolute Gasteiger partial charge is 0.182 e. The summed E-state index contributed by atoms with van der Waals surface area (Å²) in [5.41, 5.74) is 1.78. The van der Waals surface area contributed by atoms with E-state index in [0.29, 0.717) is 0 Å². The topological polar surface area (TPSA) is 26.0 Å². The SMILES string of the molecule is c1ccc2c(c1)ccc1c2ccc2ncoc21. The van der Waals surface area contributed by atoms with Gasteiger partial charge in [0.25, 0.3) is 0 Å². The van der Waals surface area contributed by atoms with Crippen molar-refractivity contribution in [3.8, 4) is 0 Å². The lowest BCUT2D eigenvalue weighted by Gasteiger charge is -2.03. The van der Waals surface area contributed by atoms with Crippen LogP contribution in [-0.4, -0.2) is 4.98 Å². The highest BCUT2D eigenvalue weighted by Gasteiger charge is 2.06. The number of benzene rings is 3. The molecule has 0 fully saturated rings. The molecule has 3 aromatic carbocycles. The molecule has 4 aromatic rings. The molecule has 0 amide bonds. The van der Waals surface area contributed by atoms with Crippen LogP contribution in [0.1, 0.15) is 0 Å². The standard InChI is InChI=1S/C15H9NO/c1-2-4-11-10(3-1)5-6-13-12(11)7-8-14-15(13)17-9-16-14/h1-9H. The number of nitrogens with zero attached hydrogens (tertiary/aromatic N) is 1. The molecule has 0 radical (unpaired) electrons. The van der Waals surface area contributed by atoms with Crippen molar-refractivity contribution in [3.63, 3.8) is 0 Å². The summed E-state index contributed by atoms with van der Waals surface area (Å²) >= 11 is 0. The number of hydrogen-bond acceptors (Lipinski definition) is 2. The van der Waals surface area contributed by atoms with Crippen LogP contribution >= 0.6 is 0 Å². The normalized spacial score (nSPS) is 11.5. The van der Waals surface area contributed by atoms with Crippen molar-refractivity contribution in [2.45, 2.75) is 0 Å².